The number of hydrogen-bond acceptors (Lipinski definition) is 6. The average molecular weight is 679 g/mol. The number of aryl methyl sites for hydroxylation is 2. The first-order chi connectivity index (χ1) is 21.1. The molecule has 0 aliphatic carbocycles. The minimum atomic E-state index is -4.44. The molecule has 0 N–H and O–H groups in total. The Morgan fingerprint density at radius 2 is 0.778 bits per heavy atom. The van der Waals surface area contributed by atoms with Crippen LogP contribution in [0, 0.1) is 0 Å². The molecule has 0 radical (unpaired) electrons. The minimum Gasteiger partial charge on any atom is -0.744 e. The van der Waals surface area contributed by atoms with E-state index in [1.54, 1.807) is 12.1 Å². The Kier molecular flexibility index (Phi) is 17.6. The molecule has 0 amide bonds. The van der Waals surface area contributed by atoms with Gasteiger partial charge in [0.25, 0.3) is 0 Å². The maximum Gasteiger partial charge on any atom is 2.00 e. The molecule has 0 spiro atoms. The van der Waals surface area contributed by atoms with Crippen molar-refractivity contribution in [1.29, 1.82) is 0 Å². The van der Waals surface area contributed by atoms with Crippen LogP contribution >= 0.6 is 0 Å². The topological polar surface area (TPSA) is 114 Å². The van der Waals surface area contributed by atoms with Crippen LogP contribution < -0.4 is 0 Å². The van der Waals surface area contributed by atoms with Crippen LogP contribution in [0.5, 0.6) is 0 Å². The quantitative estimate of drug-likeness (QED) is 0.0664. The predicted molar refractivity (Wildman–Crippen MR) is 184 cm³/mol. The molecule has 9 heteroatoms. The van der Waals surface area contributed by atoms with Crippen LogP contribution in [-0.2, 0) is 33.1 Å². The van der Waals surface area contributed by atoms with Crippen molar-refractivity contribution in [2.24, 2.45) is 0 Å². The Labute approximate surface area is 300 Å². The van der Waals surface area contributed by atoms with Gasteiger partial charge in [0.05, 0.1) is 9.79 Å². The van der Waals surface area contributed by atoms with Gasteiger partial charge in [-0.05, 0) is 59.7 Å². The van der Waals surface area contributed by atoms with Crippen molar-refractivity contribution >= 4 is 79.5 Å². The SMILES string of the molecule is CCCCCCCCc1cccc2cccc(S(=O)(=O)[O-])c12.CCCCCCCCc1cccc2cccc(S(=O)(=O)[O-])c12.[Ca+2]. The van der Waals surface area contributed by atoms with Crippen molar-refractivity contribution in [3.8, 4) is 0 Å². The standard InChI is InChI=1S/2C18H24O3S.Ca/c2*1-2-3-4-5-6-7-10-15-11-8-12-16-13-9-14-17(18(15)16)22(19,20)21;/h2*8-9,11-14H,2-7,10H2,1H3,(H,19,20,21);/q;;+2/p-2. The van der Waals surface area contributed by atoms with E-state index < -0.39 is 20.2 Å². The third-order valence-electron chi connectivity index (χ3n) is 8.04. The molecule has 0 atom stereocenters. The molecule has 0 aromatic heterocycles. The van der Waals surface area contributed by atoms with Gasteiger partial charge in [-0.3, -0.25) is 0 Å². The van der Waals surface area contributed by atoms with Crippen molar-refractivity contribution in [2.75, 3.05) is 0 Å². The fraction of sp³-hybridized carbons (Fsp3) is 0.444. The van der Waals surface area contributed by atoms with E-state index >= 15 is 0 Å². The summed E-state index contributed by atoms with van der Waals surface area (Å²) in [4.78, 5) is -0.182. The van der Waals surface area contributed by atoms with Gasteiger partial charge in [-0.1, -0.05) is 139 Å². The zero-order valence-electron chi connectivity index (χ0n) is 26.8. The fourth-order valence-electron chi connectivity index (χ4n) is 5.79. The van der Waals surface area contributed by atoms with Gasteiger partial charge in [-0.15, -0.1) is 0 Å². The fourth-order valence-corrected chi connectivity index (χ4v) is 7.28. The first-order valence-corrected chi connectivity index (χ1v) is 18.8. The van der Waals surface area contributed by atoms with Gasteiger partial charge in [0.1, 0.15) is 20.2 Å². The summed E-state index contributed by atoms with van der Waals surface area (Å²) in [6, 6.07) is 21.2. The van der Waals surface area contributed by atoms with Crippen LogP contribution in [0.4, 0.5) is 0 Å². The molecule has 0 unspecified atom stereocenters. The summed E-state index contributed by atoms with van der Waals surface area (Å²) >= 11 is 0. The largest absolute Gasteiger partial charge is 2.00 e. The number of rotatable bonds is 16. The number of unbranched alkanes of at least 4 members (excludes halogenated alkanes) is 10. The van der Waals surface area contributed by atoms with Crippen LogP contribution in [0.1, 0.15) is 102 Å². The monoisotopic (exact) mass is 678 g/mol. The molecule has 0 saturated carbocycles. The third-order valence-corrected chi connectivity index (χ3v) is 9.80. The molecule has 240 valence electrons. The number of fused-ring (bicyclic) bond motifs is 2. The van der Waals surface area contributed by atoms with Gasteiger partial charge in [0.2, 0.25) is 0 Å². The Bertz CT molecular complexity index is 1560. The smallest absolute Gasteiger partial charge is 0.744 e. The van der Waals surface area contributed by atoms with Crippen molar-refractivity contribution in [2.45, 2.75) is 114 Å². The van der Waals surface area contributed by atoms with E-state index in [0.717, 1.165) is 60.4 Å². The second-order valence-electron chi connectivity index (χ2n) is 11.5. The van der Waals surface area contributed by atoms with Crippen molar-refractivity contribution in [3.63, 3.8) is 0 Å². The van der Waals surface area contributed by atoms with Gasteiger partial charge in [-0.25, -0.2) is 16.8 Å². The zero-order valence-corrected chi connectivity index (χ0v) is 30.6. The van der Waals surface area contributed by atoms with Crippen LogP contribution in [0.3, 0.4) is 0 Å². The Balaban J connectivity index is 0.000000307. The normalized spacial score (nSPS) is 11.6. The maximum atomic E-state index is 11.5. The molecular formula is C36H46CaO6S2. The summed E-state index contributed by atoms with van der Waals surface area (Å²) in [5, 5.41) is 2.85. The van der Waals surface area contributed by atoms with Gasteiger partial charge >= 0.3 is 37.7 Å². The molecule has 45 heavy (non-hydrogen) atoms. The second kappa shape index (κ2) is 20.0. The van der Waals surface area contributed by atoms with Gasteiger partial charge in [-0.2, -0.15) is 0 Å². The summed E-state index contributed by atoms with van der Waals surface area (Å²) in [6.45, 7) is 4.39. The van der Waals surface area contributed by atoms with Crippen molar-refractivity contribution < 1.29 is 25.9 Å². The summed E-state index contributed by atoms with van der Waals surface area (Å²) in [6.07, 6.45) is 15.9. The number of hydrogen-bond donors (Lipinski definition) is 0. The van der Waals surface area contributed by atoms with Crippen molar-refractivity contribution in [3.05, 3.63) is 83.9 Å². The Hall–Kier alpha value is -1.52. The van der Waals surface area contributed by atoms with Crippen LogP contribution in [0.2, 0.25) is 0 Å². The predicted octanol–water partition coefficient (Wildman–Crippen LogP) is 8.91. The van der Waals surface area contributed by atoms with Crippen LogP contribution in [0.15, 0.2) is 82.6 Å². The van der Waals surface area contributed by atoms with E-state index in [2.05, 4.69) is 13.8 Å². The second-order valence-corrected chi connectivity index (χ2v) is 14.2. The molecule has 0 saturated heterocycles. The molecule has 4 rings (SSSR count). The first kappa shape index (κ1) is 39.7. The van der Waals surface area contributed by atoms with E-state index in [9.17, 15) is 25.9 Å². The molecule has 0 aliphatic heterocycles. The molecule has 4 aromatic carbocycles. The molecule has 4 aromatic rings. The Morgan fingerprint density at radius 1 is 0.467 bits per heavy atom. The maximum absolute atomic E-state index is 11.5. The van der Waals surface area contributed by atoms with Crippen LogP contribution in [-0.4, -0.2) is 63.7 Å². The van der Waals surface area contributed by atoms with E-state index in [-0.39, 0.29) is 47.5 Å². The average Bonchev–Trinajstić information content (AvgIpc) is 2.99. The molecule has 0 fully saturated rings. The number of benzene rings is 4. The molecule has 0 heterocycles. The van der Waals surface area contributed by atoms with Crippen molar-refractivity contribution in [1.82, 2.24) is 0 Å². The summed E-state index contributed by atoms with van der Waals surface area (Å²) < 4.78 is 69.0. The summed E-state index contributed by atoms with van der Waals surface area (Å²) in [7, 11) is -8.89. The molecule has 0 aliphatic rings. The van der Waals surface area contributed by atoms with E-state index in [4.69, 9.17) is 0 Å². The zero-order chi connectivity index (χ0) is 32.0. The molecule has 0 bridgehead atoms. The Morgan fingerprint density at radius 3 is 1.11 bits per heavy atom. The van der Waals surface area contributed by atoms with Gasteiger partial charge in [0, 0.05) is 10.8 Å². The molecular weight excluding hydrogens is 633 g/mol. The summed E-state index contributed by atoms with van der Waals surface area (Å²) in [5.41, 5.74) is 1.92. The third kappa shape index (κ3) is 12.5. The first-order valence-electron chi connectivity index (χ1n) is 16.0. The van der Waals surface area contributed by atoms with Gasteiger partial charge in [0.15, 0.2) is 0 Å². The minimum absolute atomic E-state index is 0. The molecule has 6 nitrogen and oxygen atoms in total. The van der Waals surface area contributed by atoms with Crippen LogP contribution in [0.25, 0.3) is 21.5 Å². The van der Waals surface area contributed by atoms with Gasteiger partial charge < -0.3 is 9.11 Å². The van der Waals surface area contributed by atoms with E-state index in [0.29, 0.717) is 10.8 Å². The van der Waals surface area contributed by atoms with E-state index in [1.807, 2.05) is 48.5 Å². The van der Waals surface area contributed by atoms with E-state index in [1.165, 1.54) is 63.5 Å². The summed E-state index contributed by atoms with van der Waals surface area (Å²) in [5.74, 6) is 0.